The fourth-order valence-electron chi connectivity index (χ4n) is 2.99. The standard InChI is InChI=1S/C17H18F2N2O2/c1-23-17-4-2-3-12(20-17)9-21-10-13(22)8-16(21)11-5-6-14(18)15(19)7-11/h2-7,13,16,22H,8-10H2,1H3/t13-,16-/m0/s1. The number of pyridine rings is 1. The SMILES string of the molecule is COc1cccc(CN2C[C@@H](O)C[C@H]2c2ccc(F)c(F)c2)n1. The van der Waals surface area contributed by atoms with Crippen LogP contribution in [0.3, 0.4) is 0 Å². The van der Waals surface area contributed by atoms with Crippen LogP contribution in [0, 0.1) is 11.6 Å². The topological polar surface area (TPSA) is 45.6 Å². The predicted molar refractivity (Wildman–Crippen MR) is 80.9 cm³/mol. The first-order valence-electron chi connectivity index (χ1n) is 7.44. The zero-order valence-corrected chi connectivity index (χ0v) is 12.7. The van der Waals surface area contributed by atoms with E-state index in [2.05, 4.69) is 4.98 Å². The molecular formula is C17H18F2N2O2. The molecular weight excluding hydrogens is 302 g/mol. The maximum Gasteiger partial charge on any atom is 0.213 e. The van der Waals surface area contributed by atoms with Crippen molar-refractivity contribution < 1.29 is 18.6 Å². The minimum atomic E-state index is -0.872. The van der Waals surface area contributed by atoms with E-state index in [0.717, 1.165) is 11.8 Å². The van der Waals surface area contributed by atoms with Crippen molar-refractivity contribution in [3.05, 3.63) is 59.3 Å². The first kappa shape index (κ1) is 15.8. The molecule has 0 saturated carbocycles. The van der Waals surface area contributed by atoms with E-state index in [1.54, 1.807) is 19.2 Å². The zero-order chi connectivity index (χ0) is 16.4. The minimum Gasteiger partial charge on any atom is -0.481 e. The van der Waals surface area contributed by atoms with Crippen LogP contribution in [0.2, 0.25) is 0 Å². The van der Waals surface area contributed by atoms with Crippen molar-refractivity contribution in [3.63, 3.8) is 0 Å². The molecule has 0 aliphatic carbocycles. The summed E-state index contributed by atoms with van der Waals surface area (Å²) in [5, 5.41) is 9.98. The predicted octanol–water partition coefficient (Wildman–Crippen LogP) is 2.68. The van der Waals surface area contributed by atoms with E-state index in [0.29, 0.717) is 31.0 Å². The average molecular weight is 320 g/mol. The number of halogens is 2. The highest BCUT2D eigenvalue weighted by molar-refractivity contribution is 5.23. The third-order valence-electron chi connectivity index (χ3n) is 4.07. The second-order valence-electron chi connectivity index (χ2n) is 5.68. The summed E-state index contributed by atoms with van der Waals surface area (Å²) < 4.78 is 31.7. The third kappa shape index (κ3) is 3.48. The molecule has 2 heterocycles. The number of hydrogen-bond acceptors (Lipinski definition) is 4. The Balaban J connectivity index is 1.82. The molecule has 122 valence electrons. The molecule has 1 aliphatic rings. The van der Waals surface area contributed by atoms with Crippen LogP contribution in [0.25, 0.3) is 0 Å². The van der Waals surface area contributed by atoms with Crippen molar-refractivity contribution in [1.29, 1.82) is 0 Å². The largest absolute Gasteiger partial charge is 0.481 e. The van der Waals surface area contributed by atoms with Crippen LogP contribution in [-0.2, 0) is 6.54 Å². The molecule has 3 rings (SSSR count). The summed E-state index contributed by atoms with van der Waals surface area (Å²) in [7, 11) is 1.55. The molecule has 1 aromatic carbocycles. The number of aliphatic hydroxyl groups excluding tert-OH is 1. The second-order valence-corrected chi connectivity index (χ2v) is 5.68. The van der Waals surface area contributed by atoms with E-state index in [4.69, 9.17) is 4.74 Å². The summed E-state index contributed by atoms with van der Waals surface area (Å²) >= 11 is 0. The lowest BCUT2D eigenvalue weighted by atomic mass is 10.0. The molecule has 1 fully saturated rings. The fraction of sp³-hybridized carbons (Fsp3) is 0.353. The Labute approximate surface area is 133 Å². The lowest BCUT2D eigenvalue weighted by Crippen LogP contribution is -2.25. The molecule has 0 amide bonds. The molecule has 23 heavy (non-hydrogen) atoms. The van der Waals surface area contributed by atoms with Gasteiger partial charge in [0.15, 0.2) is 11.6 Å². The molecule has 0 radical (unpaired) electrons. The van der Waals surface area contributed by atoms with Crippen LogP contribution in [0.5, 0.6) is 5.88 Å². The van der Waals surface area contributed by atoms with Crippen molar-refractivity contribution in [2.24, 2.45) is 0 Å². The molecule has 2 atom stereocenters. The van der Waals surface area contributed by atoms with E-state index >= 15 is 0 Å². The number of likely N-dealkylation sites (tertiary alicyclic amines) is 1. The van der Waals surface area contributed by atoms with Crippen molar-refractivity contribution in [3.8, 4) is 5.88 Å². The highest BCUT2D eigenvalue weighted by atomic mass is 19.2. The van der Waals surface area contributed by atoms with Crippen molar-refractivity contribution in [2.45, 2.75) is 25.1 Å². The summed E-state index contributed by atoms with van der Waals surface area (Å²) in [5.41, 5.74) is 1.45. The number of aliphatic hydroxyl groups is 1. The quantitative estimate of drug-likeness (QED) is 0.941. The molecule has 0 spiro atoms. The molecule has 2 aromatic rings. The van der Waals surface area contributed by atoms with Gasteiger partial charge < -0.3 is 9.84 Å². The molecule has 6 heteroatoms. The van der Waals surface area contributed by atoms with Gasteiger partial charge >= 0.3 is 0 Å². The van der Waals surface area contributed by atoms with E-state index in [-0.39, 0.29) is 6.04 Å². The van der Waals surface area contributed by atoms with Crippen molar-refractivity contribution >= 4 is 0 Å². The van der Waals surface area contributed by atoms with Gasteiger partial charge in [-0.3, -0.25) is 4.90 Å². The molecule has 1 saturated heterocycles. The van der Waals surface area contributed by atoms with Gasteiger partial charge in [0, 0.05) is 25.2 Å². The van der Waals surface area contributed by atoms with E-state index in [1.807, 2.05) is 17.0 Å². The van der Waals surface area contributed by atoms with Gasteiger partial charge in [-0.05, 0) is 30.2 Å². The van der Waals surface area contributed by atoms with Crippen LogP contribution in [0.1, 0.15) is 23.7 Å². The van der Waals surface area contributed by atoms with Gasteiger partial charge in [-0.15, -0.1) is 0 Å². The maximum absolute atomic E-state index is 13.5. The van der Waals surface area contributed by atoms with Crippen LogP contribution >= 0.6 is 0 Å². The molecule has 1 N–H and O–H groups in total. The van der Waals surface area contributed by atoms with Gasteiger partial charge in [0.25, 0.3) is 0 Å². The van der Waals surface area contributed by atoms with Crippen molar-refractivity contribution in [2.75, 3.05) is 13.7 Å². The monoisotopic (exact) mass is 320 g/mol. The van der Waals surface area contributed by atoms with Crippen LogP contribution in [0.15, 0.2) is 36.4 Å². The first-order valence-corrected chi connectivity index (χ1v) is 7.44. The van der Waals surface area contributed by atoms with Gasteiger partial charge in [0.05, 0.1) is 18.9 Å². The minimum absolute atomic E-state index is 0.173. The number of benzene rings is 1. The zero-order valence-electron chi connectivity index (χ0n) is 12.7. The van der Waals surface area contributed by atoms with Gasteiger partial charge in [-0.25, -0.2) is 13.8 Å². The number of hydrogen-bond donors (Lipinski definition) is 1. The summed E-state index contributed by atoms with van der Waals surface area (Å²) in [6.45, 7) is 0.959. The number of aromatic nitrogens is 1. The van der Waals surface area contributed by atoms with Crippen molar-refractivity contribution in [1.82, 2.24) is 9.88 Å². The first-order chi connectivity index (χ1) is 11.1. The number of nitrogens with zero attached hydrogens (tertiary/aromatic N) is 2. The molecule has 0 bridgehead atoms. The Bertz CT molecular complexity index is 696. The smallest absolute Gasteiger partial charge is 0.213 e. The van der Waals surface area contributed by atoms with Gasteiger partial charge in [-0.2, -0.15) is 0 Å². The number of rotatable bonds is 4. The highest BCUT2D eigenvalue weighted by Gasteiger charge is 2.32. The Morgan fingerprint density at radius 2 is 2.09 bits per heavy atom. The van der Waals surface area contributed by atoms with Crippen LogP contribution < -0.4 is 4.74 Å². The Morgan fingerprint density at radius 3 is 2.83 bits per heavy atom. The molecule has 0 unspecified atom stereocenters. The van der Waals surface area contributed by atoms with E-state index in [1.165, 1.54) is 6.07 Å². The third-order valence-corrected chi connectivity index (χ3v) is 4.07. The summed E-state index contributed by atoms with van der Waals surface area (Å²) in [4.78, 5) is 6.37. The van der Waals surface area contributed by atoms with Gasteiger partial charge in [-0.1, -0.05) is 12.1 Å². The van der Waals surface area contributed by atoms with E-state index in [9.17, 15) is 13.9 Å². The lowest BCUT2D eigenvalue weighted by Gasteiger charge is -2.24. The number of methoxy groups -OCH3 is 1. The number of ether oxygens (including phenoxy) is 1. The number of β-amino-alcohol motifs (C(OH)–C–C–N with tert-alkyl or cyclic N) is 1. The normalized spacial score (nSPS) is 21.6. The summed E-state index contributed by atoms with van der Waals surface area (Å²) in [6, 6.07) is 9.19. The Hall–Kier alpha value is -2.05. The Morgan fingerprint density at radius 1 is 1.26 bits per heavy atom. The van der Waals surface area contributed by atoms with E-state index < -0.39 is 17.7 Å². The average Bonchev–Trinajstić information content (AvgIpc) is 2.90. The summed E-state index contributed by atoms with van der Waals surface area (Å²) in [6.07, 6.45) is -0.0200. The second kappa shape index (κ2) is 6.60. The fourth-order valence-corrected chi connectivity index (χ4v) is 2.99. The van der Waals surface area contributed by atoms with Gasteiger partial charge in [0.1, 0.15) is 0 Å². The highest BCUT2D eigenvalue weighted by Crippen LogP contribution is 2.34. The van der Waals surface area contributed by atoms with Gasteiger partial charge in [0.2, 0.25) is 5.88 Å². The maximum atomic E-state index is 13.5. The molecule has 4 nitrogen and oxygen atoms in total. The Kier molecular flexibility index (Phi) is 4.54. The van der Waals surface area contributed by atoms with Crippen LogP contribution in [0.4, 0.5) is 8.78 Å². The summed E-state index contributed by atoms with van der Waals surface area (Å²) in [5.74, 6) is -1.22. The molecule has 1 aromatic heterocycles. The molecule has 1 aliphatic heterocycles. The van der Waals surface area contributed by atoms with Crippen LogP contribution in [-0.4, -0.2) is 34.7 Å². The lowest BCUT2D eigenvalue weighted by molar-refractivity contribution is 0.172.